The van der Waals surface area contributed by atoms with E-state index in [0.717, 1.165) is 16.7 Å². The van der Waals surface area contributed by atoms with Crippen LogP contribution in [-0.2, 0) is 40.8 Å². The Balaban J connectivity index is 0.00000341. The molecule has 182 valence electrons. The van der Waals surface area contributed by atoms with Crippen molar-refractivity contribution in [1.82, 2.24) is 16.2 Å². The molecule has 0 aliphatic heterocycles. The largest absolute Gasteiger partial charge is 1.00 e. The van der Waals surface area contributed by atoms with Gasteiger partial charge in [-0.3, -0.25) is 0 Å². The summed E-state index contributed by atoms with van der Waals surface area (Å²) in [5.41, 5.74) is 3.03. The van der Waals surface area contributed by atoms with Crippen LogP contribution in [0.25, 0.3) is 0 Å². The number of rotatable bonds is 11. The van der Waals surface area contributed by atoms with Crippen LogP contribution in [0.1, 0.15) is 28.8 Å². The zero-order chi connectivity index (χ0) is 21.2. The van der Waals surface area contributed by atoms with E-state index in [0.29, 0.717) is 19.8 Å². The summed E-state index contributed by atoms with van der Waals surface area (Å²) in [5, 5.41) is 3.49. The number of benzene rings is 3. The Morgan fingerprint density at radius 2 is 1.24 bits per heavy atom. The van der Waals surface area contributed by atoms with Crippen molar-refractivity contribution in [2.75, 3.05) is 19.4 Å². The predicted octanol–water partition coefficient (Wildman–Crippen LogP) is 1.20. The zero-order valence-electron chi connectivity index (χ0n) is 18.8. The maximum Gasteiger partial charge on any atom is 0.209 e. The average Bonchev–Trinajstić information content (AvgIpc) is 2.76. The zero-order valence-corrected chi connectivity index (χ0v) is 22.1. The molecule has 33 heavy (non-hydrogen) atoms. The van der Waals surface area contributed by atoms with Crippen molar-refractivity contribution in [2.45, 2.75) is 18.7 Å². The van der Waals surface area contributed by atoms with Crippen LogP contribution in [0.15, 0.2) is 91.0 Å². The molecule has 0 heterocycles. The minimum atomic E-state index is -3.42. The van der Waals surface area contributed by atoms with Gasteiger partial charge in [0.15, 0.2) is 0 Å². The van der Waals surface area contributed by atoms with Gasteiger partial charge in [-0.1, -0.05) is 91.0 Å². The molecule has 6 nitrogen and oxygen atoms in total. The van der Waals surface area contributed by atoms with E-state index < -0.39 is 16.1 Å². The van der Waals surface area contributed by atoms with Gasteiger partial charge in [-0.05, 0) is 16.7 Å². The Morgan fingerprint density at radius 1 is 0.788 bits per heavy atom. The first-order valence-electron chi connectivity index (χ1n) is 9.95. The molecule has 6 N–H and O–H groups in total. The van der Waals surface area contributed by atoms with Gasteiger partial charge >= 0.3 is 0 Å². The fourth-order valence-electron chi connectivity index (χ4n) is 3.36. The van der Waals surface area contributed by atoms with Gasteiger partial charge in [0, 0.05) is 26.0 Å². The van der Waals surface area contributed by atoms with E-state index in [2.05, 4.69) is 10.0 Å². The molecule has 0 unspecified atom stereocenters. The van der Waals surface area contributed by atoms with Crippen molar-refractivity contribution in [2.24, 2.45) is 0 Å². The average molecular weight is 579 g/mol. The van der Waals surface area contributed by atoms with Crippen LogP contribution >= 0.6 is 0 Å². The quantitative estimate of drug-likeness (QED) is 0.235. The molecule has 0 amide bonds. The summed E-state index contributed by atoms with van der Waals surface area (Å²) in [5.74, 6) is 0. The van der Waals surface area contributed by atoms with E-state index in [-0.39, 0.29) is 44.1 Å². The summed E-state index contributed by atoms with van der Waals surface area (Å²) in [6.45, 7) is 1.64. The van der Waals surface area contributed by atoms with Crippen molar-refractivity contribution in [3.8, 4) is 0 Å². The molecular weight excluding hydrogens is 547 g/mol. The van der Waals surface area contributed by atoms with Gasteiger partial charge in [-0.25, -0.2) is 13.1 Å². The molecule has 0 spiro atoms. The fourth-order valence-corrected chi connectivity index (χ4v) is 4.09. The van der Waals surface area contributed by atoms with Crippen LogP contribution in [0.2, 0.25) is 0 Å². The summed E-state index contributed by atoms with van der Waals surface area (Å²) >= 11 is 0. The minimum Gasteiger partial charge on any atom is -1.00 e. The molecular formula is C24H32ClN3O3RuS. The number of hydrogen-bond acceptors (Lipinski definition) is 4. The predicted molar refractivity (Wildman–Crippen MR) is 126 cm³/mol. The molecule has 0 bridgehead atoms. The van der Waals surface area contributed by atoms with E-state index >= 15 is 0 Å². The standard InChI is InChI=1S/C24H28N2O3S.ClH.H3N.Ru/c1-30(27,28)26-24(22-15-9-4-10-16-22)23(21-13-7-3-8-14-21)25-17-18-29-19-20-11-5-2-6-12-20;;;/h2-16,23-26H,17-19H2,1H3;1H;1H3;/t23-,24-;;;/m1.../s1. The first-order valence-corrected chi connectivity index (χ1v) is 11.8. The summed E-state index contributed by atoms with van der Waals surface area (Å²) in [6, 6.07) is 28.8. The van der Waals surface area contributed by atoms with Crippen LogP contribution in [0.5, 0.6) is 0 Å². The Morgan fingerprint density at radius 3 is 1.73 bits per heavy atom. The maximum atomic E-state index is 12.1. The van der Waals surface area contributed by atoms with Crippen molar-refractivity contribution in [3.63, 3.8) is 0 Å². The van der Waals surface area contributed by atoms with Gasteiger partial charge in [-0.15, -0.1) is 0 Å². The molecule has 0 aliphatic rings. The third kappa shape index (κ3) is 10.9. The van der Waals surface area contributed by atoms with E-state index in [1.54, 1.807) is 0 Å². The molecule has 0 saturated heterocycles. The molecule has 0 saturated carbocycles. The number of nitrogens with one attached hydrogen (secondary N) is 2. The molecule has 2 atom stereocenters. The molecule has 9 heteroatoms. The van der Waals surface area contributed by atoms with Crippen LogP contribution < -0.4 is 28.6 Å². The number of quaternary nitrogens is 1. The number of ether oxygens (including phenoxy) is 1. The summed E-state index contributed by atoms with van der Waals surface area (Å²) in [7, 11) is -3.42. The number of halogens is 1. The maximum absolute atomic E-state index is 12.1. The third-order valence-corrected chi connectivity index (χ3v) is 5.40. The Bertz CT molecular complexity index is 997. The summed E-state index contributed by atoms with van der Waals surface area (Å²) in [6.07, 6.45) is 1.19. The molecule has 0 radical (unpaired) electrons. The van der Waals surface area contributed by atoms with E-state index in [1.807, 2.05) is 91.0 Å². The van der Waals surface area contributed by atoms with Crippen molar-refractivity contribution in [1.29, 1.82) is 0 Å². The Kier molecular flexibility index (Phi) is 15.3. The molecule has 0 aromatic heterocycles. The molecule has 3 rings (SSSR count). The van der Waals surface area contributed by atoms with Gasteiger partial charge in [0.25, 0.3) is 0 Å². The van der Waals surface area contributed by atoms with Crippen LogP contribution in [-0.4, -0.2) is 27.8 Å². The Hall–Kier alpha value is -1.64. The van der Waals surface area contributed by atoms with Crippen molar-refractivity contribution >= 4 is 10.0 Å². The summed E-state index contributed by atoms with van der Waals surface area (Å²) < 4.78 is 32.8. The molecule has 0 aliphatic carbocycles. The fraction of sp³-hybridized carbons (Fsp3) is 0.250. The SMILES string of the molecule is CS(=O)(=O)N[C@H](c1ccccc1)[C@H](NCCOCc1ccccc1)c1ccccc1.[Cl-].[NH4+].[Ru]. The first kappa shape index (κ1) is 31.4. The first-order chi connectivity index (χ1) is 14.5. The van der Waals surface area contributed by atoms with Gasteiger partial charge in [0.2, 0.25) is 10.0 Å². The van der Waals surface area contributed by atoms with Crippen molar-refractivity contribution < 1.29 is 45.0 Å². The van der Waals surface area contributed by atoms with Gasteiger partial charge in [-0.2, -0.15) is 0 Å². The normalized spacial score (nSPS) is 12.4. The second-order valence-electron chi connectivity index (χ2n) is 7.16. The smallest absolute Gasteiger partial charge is 0.209 e. The number of sulfonamides is 1. The van der Waals surface area contributed by atoms with E-state index in [4.69, 9.17) is 4.74 Å². The molecule has 3 aromatic rings. The van der Waals surface area contributed by atoms with Crippen LogP contribution in [0, 0.1) is 0 Å². The molecule has 3 aromatic carbocycles. The van der Waals surface area contributed by atoms with Gasteiger partial charge in [0.1, 0.15) is 0 Å². The van der Waals surface area contributed by atoms with Gasteiger partial charge < -0.3 is 28.6 Å². The third-order valence-electron chi connectivity index (χ3n) is 4.71. The van der Waals surface area contributed by atoms with Crippen molar-refractivity contribution in [3.05, 3.63) is 108 Å². The monoisotopic (exact) mass is 579 g/mol. The minimum absolute atomic E-state index is 0. The number of hydrogen-bond donors (Lipinski definition) is 3. The Labute approximate surface area is 216 Å². The van der Waals surface area contributed by atoms with Crippen LogP contribution in [0.4, 0.5) is 0 Å². The van der Waals surface area contributed by atoms with E-state index in [9.17, 15) is 8.42 Å². The molecule has 0 fully saturated rings. The van der Waals surface area contributed by atoms with Crippen LogP contribution in [0.3, 0.4) is 0 Å². The van der Waals surface area contributed by atoms with Gasteiger partial charge in [0.05, 0.1) is 31.6 Å². The second kappa shape index (κ2) is 16.1. The second-order valence-corrected chi connectivity index (χ2v) is 8.94. The topological polar surface area (TPSA) is 104 Å². The van der Waals surface area contributed by atoms with E-state index in [1.165, 1.54) is 6.26 Å². The summed E-state index contributed by atoms with van der Waals surface area (Å²) in [4.78, 5) is 0.